The molecule has 1 fully saturated rings. The van der Waals surface area contributed by atoms with Crippen LogP contribution in [0.15, 0.2) is 12.1 Å². The Morgan fingerprint density at radius 1 is 1.35 bits per heavy atom. The van der Waals surface area contributed by atoms with Crippen molar-refractivity contribution in [3.8, 4) is 5.75 Å². The highest BCUT2D eigenvalue weighted by Gasteiger charge is 2.22. The molecule has 1 aromatic heterocycles. The van der Waals surface area contributed by atoms with Gasteiger partial charge in [0.25, 0.3) is 5.91 Å². The molecule has 0 bridgehead atoms. The van der Waals surface area contributed by atoms with Gasteiger partial charge >= 0.3 is 0 Å². The van der Waals surface area contributed by atoms with E-state index in [-0.39, 0.29) is 5.82 Å². The molecule has 0 unspecified atom stereocenters. The molecule has 20 heavy (non-hydrogen) atoms. The normalized spacial score (nSPS) is 16.4. The molecule has 1 aliphatic carbocycles. The van der Waals surface area contributed by atoms with Crippen LogP contribution in [0.25, 0.3) is 11.0 Å². The molecule has 1 saturated carbocycles. The minimum Gasteiger partial charge on any atom is -0.494 e. The standard InChI is InChI=1S/C15H19N3O2/c1-20-11-8-7-10(9-5-3-2-4-6-9)12-13(11)18-15(17-12)14(16)19/h7-9H,2-6H2,1H3,(H2,16,19)(H,17,18). The van der Waals surface area contributed by atoms with E-state index in [1.54, 1.807) is 7.11 Å². The van der Waals surface area contributed by atoms with E-state index in [0.29, 0.717) is 11.7 Å². The van der Waals surface area contributed by atoms with Crippen molar-refractivity contribution in [3.05, 3.63) is 23.5 Å². The van der Waals surface area contributed by atoms with Gasteiger partial charge in [0, 0.05) is 0 Å². The van der Waals surface area contributed by atoms with Crippen LogP contribution in [0.3, 0.4) is 0 Å². The molecule has 0 spiro atoms. The van der Waals surface area contributed by atoms with Gasteiger partial charge in [0.1, 0.15) is 11.3 Å². The van der Waals surface area contributed by atoms with Crippen molar-refractivity contribution in [1.82, 2.24) is 9.97 Å². The number of hydrogen-bond acceptors (Lipinski definition) is 3. The van der Waals surface area contributed by atoms with Gasteiger partial charge in [-0.05, 0) is 30.4 Å². The molecule has 3 rings (SSSR count). The number of ether oxygens (including phenoxy) is 1. The Morgan fingerprint density at radius 2 is 2.10 bits per heavy atom. The number of H-pyrrole nitrogens is 1. The number of nitrogens with two attached hydrogens (primary N) is 1. The molecular formula is C15H19N3O2. The van der Waals surface area contributed by atoms with Crippen LogP contribution >= 0.6 is 0 Å². The lowest BCUT2D eigenvalue weighted by atomic mass is 9.83. The predicted molar refractivity (Wildman–Crippen MR) is 77.0 cm³/mol. The Bertz CT molecular complexity index is 642. The van der Waals surface area contributed by atoms with Gasteiger partial charge in [0.2, 0.25) is 0 Å². The SMILES string of the molecule is COc1ccc(C2CCCCC2)c2nc(C(N)=O)[nH]c12. The molecule has 1 amide bonds. The number of carbonyl (C=O) groups excluding carboxylic acids is 1. The topological polar surface area (TPSA) is 81.0 Å². The number of hydrogen-bond donors (Lipinski definition) is 2. The van der Waals surface area contributed by atoms with E-state index in [2.05, 4.69) is 16.0 Å². The minimum absolute atomic E-state index is 0.196. The van der Waals surface area contributed by atoms with Gasteiger partial charge in [0.05, 0.1) is 12.6 Å². The van der Waals surface area contributed by atoms with Gasteiger partial charge in [-0.2, -0.15) is 0 Å². The predicted octanol–water partition coefficient (Wildman–Crippen LogP) is 2.72. The maximum atomic E-state index is 11.3. The number of carbonyl (C=O) groups is 1. The number of amides is 1. The first-order valence-corrected chi connectivity index (χ1v) is 7.07. The van der Waals surface area contributed by atoms with Crippen LogP contribution in [-0.2, 0) is 0 Å². The fourth-order valence-corrected chi connectivity index (χ4v) is 3.12. The summed E-state index contributed by atoms with van der Waals surface area (Å²) in [4.78, 5) is 18.7. The Hall–Kier alpha value is -2.04. The molecule has 2 aromatic rings. The summed E-state index contributed by atoms with van der Waals surface area (Å²) >= 11 is 0. The average molecular weight is 273 g/mol. The summed E-state index contributed by atoms with van der Waals surface area (Å²) in [6.45, 7) is 0. The zero-order valence-electron chi connectivity index (χ0n) is 11.6. The van der Waals surface area contributed by atoms with Crippen molar-refractivity contribution in [3.63, 3.8) is 0 Å². The fourth-order valence-electron chi connectivity index (χ4n) is 3.12. The summed E-state index contributed by atoms with van der Waals surface area (Å²) in [7, 11) is 1.61. The molecule has 0 radical (unpaired) electrons. The Labute approximate surface area is 117 Å². The lowest BCUT2D eigenvalue weighted by Crippen LogP contribution is -2.12. The van der Waals surface area contributed by atoms with Gasteiger partial charge in [-0.1, -0.05) is 25.3 Å². The van der Waals surface area contributed by atoms with Crippen LogP contribution in [0.1, 0.15) is 54.2 Å². The summed E-state index contributed by atoms with van der Waals surface area (Å²) in [5.74, 6) is 0.861. The van der Waals surface area contributed by atoms with E-state index in [1.165, 1.54) is 37.7 Å². The van der Waals surface area contributed by atoms with Crippen molar-refractivity contribution >= 4 is 16.9 Å². The minimum atomic E-state index is -0.544. The van der Waals surface area contributed by atoms with Crippen LogP contribution in [0.2, 0.25) is 0 Å². The highest BCUT2D eigenvalue weighted by molar-refractivity contribution is 5.95. The third kappa shape index (κ3) is 2.13. The van der Waals surface area contributed by atoms with Crippen molar-refractivity contribution in [1.29, 1.82) is 0 Å². The molecule has 5 heteroatoms. The quantitative estimate of drug-likeness (QED) is 0.902. The van der Waals surface area contributed by atoms with E-state index in [0.717, 1.165) is 11.0 Å². The fraction of sp³-hybridized carbons (Fsp3) is 0.467. The van der Waals surface area contributed by atoms with Crippen molar-refractivity contribution in [2.75, 3.05) is 7.11 Å². The first-order chi connectivity index (χ1) is 9.70. The Balaban J connectivity index is 2.14. The number of fused-ring (bicyclic) bond motifs is 1. The molecule has 1 aliphatic rings. The largest absolute Gasteiger partial charge is 0.494 e. The number of benzene rings is 1. The summed E-state index contributed by atoms with van der Waals surface area (Å²) in [6, 6.07) is 4.01. The molecule has 1 heterocycles. The third-order valence-corrected chi connectivity index (χ3v) is 4.14. The lowest BCUT2D eigenvalue weighted by Gasteiger charge is -2.22. The number of imidazole rings is 1. The Morgan fingerprint density at radius 3 is 2.75 bits per heavy atom. The van der Waals surface area contributed by atoms with Crippen molar-refractivity contribution < 1.29 is 9.53 Å². The molecule has 0 aliphatic heterocycles. The molecule has 5 nitrogen and oxygen atoms in total. The highest BCUT2D eigenvalue weighted by Crippen LogP contribution is 2.38. The van der Waals surface area contributed by atoms with E-state index >= 15 is 0 Å². The maximum absolute atomic E-state index is 11.3. The average Bonchev–Trinajstić information content (AvgIpc) is 2.92. The van der Waals surface area contributed by atoms with Crippen molar-refractivity contribution in [2.24, 2.45) is 5.73 Å². The zero-order valence-corrected chi connectivity index (χ0v) is 11.6. The molecule has 3 N–H and O–H groups in total. The second-order valence-corrected chi connectivity index (χ2v) is 5.37. The zero-order chi connectivity index (χ0) is 14.1. The second-order valence-electron chi connectivity index (χ2n) is 5.37. The van der Waals surface area contributed by atoms with E-state index < -0.39 is 5.91 Å². The molecule has 0 atom stereocenters. The molecule has 1 aromatic carbocycles. The molecule has 0 saturated heterocycles. The summed E-state index contributed by atoms with van der Waals surface area (Å²) in [5, 5.41) is 0. The number of methoxy groups -OCH3 is 1. The van der Waals surface area contributed by atoms with Gasteiger partial charge < -0.3 is 15.5 Å². The number of nitrogens with one attached hydrogen (secondary N) is 1. The van der Waals surface area contributed by atoms with Crippen LogP contribution < -0.4 is 10.5 Å². The van der Waals surface area contributed by atoms with Gasteiger partial charge in [0.15, 0.2) is 5.82 Å². The van der Waals surface area contributed by atoms with Gasteiger partial charge in [-0.3, -0.25) is 4.79 Å². The second kappa shape index (κ2) is 5.15. The van der Waals surface area contributed by atoms with Crippen LogP contribution in [0.4, 0.5) is 0 Å². The lowest BCUT2D eigenvalue weighted by molar-refractivity contribution is 0.0991. The summed E-state index contributed by atoms with van der Waals surface area (Å²) in [5.41, 5.74) is 8.11. The van der Waals surface area contributed by atoms with E-state index in [1.807, 2.05) is 6.07 Å². The smallest absolute Gasteiger partial charge is 0.284 e. The van der Waals surface area contributed by atoms with Crippen LogP contribution in [0, 0.1) is 0 Å². The van der Waals surface area contributed by atoms with Crippen molar-refractivity contribution in [2.45, 2.75) is 38.0 Å². The number of rotatable bonds is 3. The third-order valence-electron chi connectivity index (χ3n) is 4.14. The summed E-state index contributed by atoms with van der Waals surface area (Å²) in [6.07, 6.45) is 6.18. The van der Waals surface area contributed by atoms with E-state index in [4.69, 9.17) is 10.5 Å². The van der Waals surface area contributed by atoms with Crippen LogP contribution in [0.5, 0.6) is 5.75 Å². The number of aromatic amines is 1. The van der Waals surface area contributed by atoms with Gasteiger partial charge in [-0.25, -0.2) is 4.98 Å². The maximum Gasteiger partial charge on any atom is 0.284 e. The molecular weight excluding hydrogens is 254 g/mol. The summed E-state index contributed by atoms with van der Waals surface area (Å²) < 4.78 is 5.34. The first-order valence-electron chi connectivity index (χ1n) is 7.07. The van der Waals surface area contributed by atoms with Crippen LogP contribution in [-0.4, -0.2) is 23.0 Å². The highest BCUT2D eigenvalue weighted by atomic mass is 16.5. The Kier molecular flexibility index (Phi) is 3.34. The number of nitrogens with zero attached hydrogens (tertiary/aromatic N) is 1. The molecule has 106 valence electrons. The first kappa shape index (κ1) is 13.0. The number of primary amides is 1. The van der Waals surface area contributed by atoms with Gasteiger partial charge in [-0.15, -0.1) is 0 Å². The number of aromatic nitrogens is 2. The van der Waals surface area contributed by atoms with E-state index in [9.17, 15) is 4.79 Å². The monoisotopic (exact) mass is 273 g/mol.